The van der Waals surface area contributed by atoms with Gasteiger partial charge < -0.3 is 10.2 Å². The first-order chi connectivity index (χ1) is 13.8. The zero-order valence-corrected chi connectivity index (χ0v) is 16.9. The number of benzene rings is 2. The maximum atomic E-state index is 13.5. The lowest BCUT2D eigenvalue weighted by molar-refractivity contribution is -0.123. The molecule has 3 nitrogen and oxygen atoms in total. The number of para-hydroxylation sites is 2. The Kier molecular flexibility index (Phi) is 5.99. The van der Waals surface area contributed by atoms with Crippen molar-refractivity contribution in [2.75, 3.05) is 16.8 Å². The highest BCUT2D eigenvalue weighted by molar-refractivity contribution is 5.99. The quantitative estimate of drug-likeness (QED) is 0.675. The van der Waals surface area contributed by atoms with Crippen LogP contribution in [0.15, 0.2) is 54.6 Å². The Labute approximate surface area is 169 Å². The summed E-state index contributed by atoms with van der Waals surface area (Å²) in [5.41, 5.74) is 3.33. The fourth-order valence-electron chi connectivity index (χ4n) is 4.84. The molecule has 148 valence electrons. The van der Waals surface area contributed by atoms with Crippen molar-refractivity contribution in [3.8, 4) is 0 Å². The van der Waals surface area contributed by atoms with Crippen LogP contribution in [0.2, 0.25) is 0 Å². The van der Waals surface area contributed by atoms with Gasteiger partial charge in [-0.15, -0.1) is 0 Å². The Morgan fingerprint density at radius 2 is 1.71 bits per heavy atom. The van der Waals surface area contributed by atoms with E-state index in [-0.39, 0.29) is 12.0 Å². The molecule has 0 aromatic heterocycles. The number of hydrogen-bond acceptors (Lipinski definition) is 2. The zero-order chi connectivity index (χ0) is 19.3. The topological polar surface area (TPSA) is 32.3 Å². The van der Waals surface area contributed by atoms with Crippen molar-refractivity contribution in [2.24, 2.45) is 11.8 Å². The number of unbranched alkanes of at least 4 members (excludes halogenated alkanes) is 1. The van der Waals surface area contributed by atoms with Crippen molar-refractivity contribution in [1.29, 1.82) is 0 Å². The molecule has 1 heterocycles. The monoisotopic (exact) mass is 376 g/mol. The van der Waals surface area contributed by atoms with E-state index in [4.69, 9.17) is 0 Å². The van der Waals surface area contributed by atoms with Crippen LogP contribution in [0.4, 0.5) is 11.4 Å². The molecule has 4 rings (SSSR count). The van der Waals surface area contributed by atoms with E-state index in [0.29, 0.717) is 12.5 Å². The number of amides is 1. The van der Waals surface area contributed by atoms with Crippen LogP contribution in [0.25, 0.3) is 0 Å². The molecule has 2 aromatic rings. The summed E-state index contributed by atoms with van der Waals surface area (Å²) in [6.45, 7) is 2.97. The average Bonchev–Trinajstić information content (AvgIpc) is 2.77. The lowest BCUT2D eigenvalue weighted by Crippen LogP contribution is -2.44. The number of nitrogens with zero attached hydrogens (tertiary/aromatic N) is 1. The molecule has 0 radical (unpaired) electrons. The Hall–Kier alpha value is -2.29. The Morgan fingerprint density at radius 1 is 1.00 bits per heavy atom. The molecule has 1 fully saturated rings. The highest BCUT2D eigenvalue weighted by Gasteiger charge is 2.34. The second-order valence-electron chi connectivity index (χ2n) is 8.43. The summed E-state index contributed by atoms with van der Waals surface area (Å²) in [6, 6.07) is 18.9. The Morgan fingerprint density at radius 3 is 2.46 bits per heavy atom. The Bertz CT molecular complexity index is 780. The number of hydrogen-bond donors (Lipinski definition) is 1. The van der Waals surface area contributed by atoms with E-state index >= 15 is 0 Å². The second kappa shape index (κ2) is 8.81. The second-order valence-corrected chi connectivity index (χ2v) is 8.43. The molecule has 1 aliphatic carbocycles. The largest absolute Gasteiger partial charge is 0.375 e. The molecule has 28 heavy (non-hydrogen) atoms. The number of fused-ring (bicyclic) bond motifs is 1. The van der Waals surface area contributed by atoms with Crippen LogP contribution in [0.3, 0.4) is 0 Å². The minimum Gasteiger partial charge on any atom is -0.375 e. The van der Waals surface area contributed by atoms with Crippen molar-refractivity contribution in [2.45, 2.75) is 57.9 Å². The van der Waals surface area contributed by atoms with Gasteiger partial charge in [0.1, 0.15) is 0 Å². The summed E-state index contributed by atoms with van der Waals surface area (Å²) < 4.78 is 0. The molecular formula is C25H32N2O. The van der Waals surface area contributed by atoms with Crippen molar-refractivity contribution in [3.63, 3.8) is 0 Å². The summed E-state index contributed by atoms with van der Waals surface area (Å²) in [7, 11) is 0. The van der Waals surface area contributed by atoms with Crippen LogP contribution >= 0.6 is 0 Å². The maximum absolute atomic E-state index is 13.5. The third kappa shape index (κ3) is 4.09. The molecule has 1 unspecified atom stereocenters. The van der Waals surface area contributed by atoms with Gasteiger partial charge in [0.25, 0.3) is 0 Å². The number of nitrogens with one attached hydrogen (secondary N) is 1. The van der Waals surface area contributed by atoms with Crippen molar-refractivity contribution < 1.29 is 4.79 Å². The van der Waals surface area contributed by atoms with E-state index in [1.807, 2.05) is 18.2 Å². The number of carbonyl (C=O) groups excluding carboxylic acids is 1. The Balaban J connectivity index is 1.50. The smallest absolute Gasteiger partial charge is 0.230 e. The van der Waals surface area contributed by atoms with Crippen LogP contribution in [0, 0.1) is 11.8 Å². The molecule has 1 amide bonds. The van der Waals surface area contributed by atoms with E-state index in [2.05, 4.69) is 53.5 Å². The number of carbonyl (C=O) groups is 1. The van der Waals surface area contributed by atoms with Crippen molar-refractivity contribution in [1.82, 2.24) is 0 Å². The van der Waals surface area contributed by atoms with Gasteiger partial charge in [-0.1, -0.05) is 68.7 Å². The third-order valence-electron chi connectivity index (χ3n) is 6.52. The van der Waals surface area contributed by atoms with Crippen LogP contribution < -0.4 is 10.2 Å². The van der Waals surface area contributed by atoms with Crippen molar-refractivity contribution in [3.05, 3.63) is 60.2 Å². The van der Waals surface area contributed by atoms with Gasteiger partial charge in [-0.3, -0.25) is 4.79 Å². The molecule has 2 aliphatic rings. The summed E-state index contributed by atoms with van der Waals surface area (Å²) in [6.07, 6.45) is 8.47. The molecule has 0 saturated heterocycles. The maximum Gasteiger partial charge on any atom is 0.230 e. The van der Waals surface area contributed by atoms with Gasteiger partial charge in [-0.25, -0.2) is 0 Å². The van der Waals surface area contributed by atoms with Crippen LogP contribution in [-0.2, 0) is 4.79 Å². The summed E-state index contributed by atoms with van der Waals surface area (Å²) in [4.78, 5) is 15.6. The number of rotatable bonds is 5. The van der Waals surface area contributed by atoms with Gasteiger partial charge in [0.2, 0.25) is 5.91 Å². The third-order valence-corrected chi connectivity index (χ3v) is 6.52. The van der Waals surface area contributed by atoms with E-state index in [0.717, 1.165) is 30.1 Å². The number of anilines is 2. The predicted octanol–water partition coefficient (Wildman–Crippen LogP) is 6.18. The zero-order valence-electron chi connectivity index (χ0n) is 16.9. The first kappa shape index (κ1) is 19.0. The summed E-state index contributed by atoms with van der Waals surface area (Å²) in [5.74, 6) is 1.33. The van der Waals surface area contributed by atoms with Crippen molar-refractivity contribution >= 4 is 17.3 Å². The van der Waals surface area contributed by atoms with E-state index < -0.39 is 0 Å². The molecule has 3 heteroatoms. The molecule has 1 atom stereocenters. The lowest BCUT2D eigenvalue weighted by atomic mass is 9.79. The van der Waals surface area contributed by atoms with Crippen LogP contribution in [-0.4, -0.2) is 12.5 Å². The fraction of sp³-hybridized carbons (Fsp3) is 0.480. The normalized spacial score (nSPS) is 24.3. The molecule has 1 saturated carbocycles. The van der Waals surface area contributed by atoms with Crippen LogP contribution in [0.1, 0.15) is 63.5 Å². The predicted molar refractivity (Wildman–Crippen MR) is 117 cm³/mol. The molecular weight excluding hydrogens is 344 g/mol. The highest BCUT2D eigenvalue weighted by Crippen LogP contribution is 2.39. The van der Waals surface area contributed by atoms with E-state index in [9.17, 15) is 4.79 Å². The highest BCUT2D eigenvalue weighted by atomic mass is 16.2. The van der Waals surface area contributed by atoms with Crippen LogP contribution in [0.5, 0.6) is 0 Å². The minimum absolute atomic E-state index is 0.140. The van der Waals surface area contributed by atoms with E-state index in [1.54, 1.807) is 0 Å². The fourth-order valence-corrected chi connectivity index (χ4v) is 4.84. The van der Waals surface area contributed by atoms with Gasteiger partial charge in [0, 0.05) is 5.92 Å². The van der Waals surface area contributed by atoms with E-state index in [1.165, 1.54) is 37.7 Å². The SMILES string of the molecule is CCCCC1CCC(C(=O)N2CC(c3ccccc3)Nc3ccccc32)CC1. The molecule has 2 aromatic carbocycles. The molecule has 1 N–H and O–H groups in total. The van der Waals surface area contributed by atoms with Gasteiger partial charge in [0.15, 0.2) is 0 Å². The summed E-state index contributed by atoms with van der Waals surface area (Å²) >= 11 is 0. The first-order valence-electron chi connectivity index (χ1n) is 11.0. The van der Waals surface area contributed by atoms with Gasteiger partial charge in [0.05, 0.1) is 24.0 Å². The van der Waals surface area contributed by atoms with Gasteiger partial charge in [-0.05, 0) is 49.3 Å². The standard InChI is InChI=1S/C25H32N2O/c1-2-3-9-19-14-16-21(17-15-19)25(28)27-18-23(20-10-5-4-6-11-20)26-22-12-7-8-13-24(22)27/h4-8,10-13,19,21,23,26H,2-3,9,14-18H2,1H3. The van der Waals surface area contributed by atoms with Gasteiger partial charge >= 0.3 is 0 Å². The molecule has 0 spiro atoms. The average molecular weight is 377 g/mol. The first-order valence-corrected chi connectivity index (χ1v) is 11.0. The molecule has 1 aliphatic heterocycles. The minimum atomic E-state index is 0.140. The van der Waals surface area contributed by atoms with Gasteiger partial charge in [-0.2, -0.15) is 0 Å². The molecule has 0 bridgehead atoms. The summed E-state index contributed by atoms with van der Waals surface area (Å²) in [5, 5.41) is 3.64. The lowest BCUT2D eigenvalue weighted by Gasteiger charge is -2.39.